The fourth-order valence-electron chi connectivity index (χ4n) is 2.67. The van der Waals surface area contributed by atoms with Crippen LogP contribution in [0.2, 0.25) is 0 Å². The van der Waals surface area contributed by atoms with Crippen molar-refractivity contribution in [3.63, 3.8) is 0 Å². The standard InChI is InChI=1S/C15H19FN6O2/c16-11-7-9(8-18-14(24)13-19-15(17)21-20-13)1-2-12(11)22-5-3-10(23)4-6-22/h1-2,7,10,23H,3-6,8H2,(H,18,24)(H3,17,19,20,21). The summed E-state index contributed by atoms with van der Waals surface area (Å²) >= 11 is 0. The number of nitrogen functional groups attached to an aromatic ring is 1. The van der Waals surface area contributed by atoms with Crippen LogP contribution in [0.5, 0.6) is 0 Å². The van der Waals surface area contributed by atoms with Crippen LogP contribution in [-0.4, -0.2) is 45.4 Å². The molecular weight excluding hydrogens is 315 g/mol. The summed E-state index contributed by atoms with van der Waals surface area (Å²) in [7, 11) is 0. The average molecular weight is 334 g/mol. The van der Waals surface area contributed by atoms with Crippen LogP contribution in [0, 0.1) is 5.82 Å². The largest absolute Gasteiger partial charge is 0.393 e. The number of aromatic nitrogens is 3. The lowest BCUT2D eigenvalue weighted by Gasteiger charge is -2.31. The first-order chi connectivity index (χ1) is 11.5. The second-order valence-corrected chi connectivity index (χ2v) is 5.73. The van der Waals surface area contributed by atoms with Crippen LogP contribution < -0.4 is 16.0 Å². The summed E-state index contributed by atoms with van der Waals surface area (Å²) in [5, 5.41) is 18.1. The predicted molar refractivity (Wildman–Crippen MR) is 85.8 cm³/mol. The lowest BCUT2D eigenvalue weighted by Crippen LogP contribution is -2.36. The van der Waals surface area contributed by atoms with Crippen molar-refractivity contribution in [2.45, 2.75) is 25.5 Å². The van der Waals surface area contributed by atoms with Gasteiger partial charge in [0, 0.05) is 19.6 Å². The van der Waals surface area contributed by atoms with Gasteiger partial charge in [0.2, 0.25) is 11.8 Å². The number of nitrogens with two attached hydrogens (primary N) is 1. The van der Waals surface area contributed by atoms with E-state index < -0.39 is 5.91 Å². The van der Waals surface area contributed by atoms with Crippen LogP contribution >= 0.6 is 0 Å². The first-order valence-corrected chi connectivity index (χ1v) is 7.70. The van der Waals surface area contributed by atoms with Crippen molar-refractivity contribution >= 4 is 17.5 Å². The summed E-state index contributed by atoms with van der Waals surface area (Å²) in [4.78, 5) is 17.5. The molecule has 0 atom stereocenters. The quantitative estimate of drug-likeness (QED) is 0.643. The molecule has 0 aliphatic carbocycles. The van der Waals surface area contributed by atoms with E-state index in [4.69, 9.17) is 5.73 Å². The minimum atomic E-state index is -0.464. The molecule has 1 fully saturated rings. The van der Waals surface area contributed by atoms with Gasteiger partial charge in [0.25, 0.3) is 5.91 Å². The van der Waals surface area contributed by atoms with Gasteiger partial charge in [0.05, 0.1) is 11.8 Å². The minimum Gasteiger partial charge on any atom is -0.393 e. The number of anilines is 2. The molecular formula is C15H19FN6O2. The molecule has 3 rings (SSSR count). The van der Waals surface area contributed by atoms with Gasteiger partial charge in [0.1, 0.15) is 5.82 Å². The topological polar surface area (TPSA) is 120 Å². The van der Waals surface area contributed by atoms with Crippen LogP contribution in [0.15, 0.2) is 18.2 Å². The number of piperidine rings is 1. The number of aliphatic hydroxyl groups is 1. The van der Waals surface area contributed by atoms with Crippen LogP contribution in [0.25, 0.3) is 0 Å². The zero-order chi connectivity index (χ0) is 17.1. The monoisotopic (exact) mass is 334 g/mol. The zero-order valence-electron chi connectivity index (χ0n) is 13.0. The lowest BCUT2D eigenvalue weighted by molar-refractivity contribution is 0.0941. The molecule has 0 saturated carbocycles. The van der Waals surface area contributed by atoms with E-state index in [1.165, 1.54) is 6.07 Å². The Hall–Kier alpha value is -2.68. The van der Waals surface area contributed by atoms with E-state index in [1.807, 2.05) is 4.90 Å². The summed E-state index contributed by atoms with van der Waals surface area (Å²) in [6, 6.07) is 4.86. The third kappa shape index (κ3) is 3.62. The summed E-state index contributed by atoms with van der Waals surface area (Å²) in [5.74, 6) is -0.811. The number of carbonyl (C=O) groups excluding carboxylic acids is 1. The number of nitrogens with zero attached hydrogens (tertiary/aromatic N) is 3. The molecule has 5 N–H and O–H groups in total. The maximum atomic E-state index is 14.3. The molecule has 0 unspecified atom stereocenters. The molecule has 24 heavy (non-hydrogen) atoms. The van der Waals surface area contributed by atoms with Gasteiger partial charge in [-0.15, -0.1) is 5.10 Å². The third-order valence-corrected chi connectivity index (χ3v) is 3.99. The van der Waals surface area contributed by atoms with Gasteiger partial charge in [-0.1, -0.05) is 6.07 Å². The fourth-order valence-corrected chi connectivity index (χ4v) is 2.67. The number of benzene rings is 1. The number of nitrogens with one attached hydrogen (secondary N) is 2. The van der Waals surface area contributed by atoms with E-state index in [0.29, 0.717) is 37.2 Å². The Labute approximate surface area is 137 Å². The van der Waals surface area contributed by atoms with E-state index in [1.54, 1.807) is 12.1 Å². The lowest BCUT2D eigenvalue weighted by atomic mass is 10.1. The molecule has 1 aliphatic heterocycles. The van der Waals surface area contributed by atoms with E-state index in [9.17, 15) is 14.3 Å². The highest BCUT2D eigenvalue weighted by Gasteiger charge is 2.20. The van der Waals surface area contributed by atoms with Crippen LogP contribution in [-0.2, 0) is 6.54 Å². The Morgan fingerprint density at radius 2 is 2.21 bits per heavy atom. The second-order valence-electron chi connectivity index (χ2n) is 5.73. The number of carbonyl (C=O) groups is 1. The molecule has 1 aromatic heterocycles. The Morgan fingerprint density at radius 1 is 1.46 bits per heavy atom. The summed E-state index contributed by atoms with van der Waals surface area (Å²) in [6.45, 7) is 1.41. The molecule has 0 radical (unpaired) electrons. The van der Waals surface area contributed by atoms with Gasteiger partial charge >= 0.3 is 0 Å². The highest BCUT2D eigenvalue weighted by Crippen LogP contribution is 2.24. The average Bonchev–Trinajstić information content (AvgIpc) is 3.00. The van der Waals surface area contributed by atoms with Gasteiger partial charge in [-0.2, -0.15) is 4.98 Å². The molecule has 0 spiro atoms. The van der Waals surface area contributed by atoms with Crippen LogP contribution in [0.3, 0.4) is 0 Å². The molecule has 1 saturated heterocycles. The van der Waals surface area contributed by atoms with E-state index in [2.05, 4.69) is 20.5 Å². The van der Waals surface area contributed by atoms with Gasteiger partial charge < -0.3 is 21.1 Å². The zero-order valence-corrected chi connectivity index (χ0v) is 13.0. The highest BCUT2D eigenvalue weighted by atomic mass is 19.1. The molecule has 8 nitrogen and oxygen atoms in total. The van der Waals surface area contributed by atoms with Gasteiger partial charge in [0.15, 0.2) is 0 Å². The van der Waals surface area contributed by atoms with Crippen molar-refractivity contribution in [1.29, 1.82) is 0 Å². The minimum absolute atomic E-state index is 0.0106. The smallest absolute Gasteiger partial charge is 0.288 e. The van der Waals surface area contributed by atoms with Crippen molar-refractivity contribution in [3.8, 4) is 0 Å². The number of halogens is 1. The Bertz CT molecular complexity index is 727. The molecule has 1 amide bonds. The number of amides is 1. The van der Waals surface area contributed by atoms with Crippen molar-refractivity contribution < 1.29 is 14.3 Å². The Kier molecular flexibility index (Phi) is 4.61. The molecule has 9 heteroatoms. The van der Waals surface area contributed by atoms with Crippen molar-refractivity contribution in [1.82, 2.24) is 20.5 Å². The number of aromatic amines is 1. The van der Waals surface area contributed by atoms with Gasteiger partial charge in [-0.25, -0.2) is 4.39 Å². The SMILES string of the molecule is Nc1n[nH]c(C(=O)NCc2ccc(N3CCC(O)CC3)c(F)c2)n1. The van der Waals surface area contributed by atoms with Crippen molar-refractivity contribution in [2.75, 3.05) is 23.7 Å². The molecule has 1 aliphatic rings. The van der Waals surface area contributed by atoms with Gasteiger partial charge in [-0.05, 0) is 30.5 Å². The first kappa shape index (κ1) is 16.2. The second kappa shape index (κ2) is 6.83. The molecule has 128 valence electrons. The maximum Gasteiger partial charge on any atom is 0.288 e. The highest BCUT2D eigenvalue weighted by molar-refractivity contribution is 5.90. The number of aliphatic hydroxyl groups excluding tert-OH is 1. The van der Waals surface area contributed by atoms with Crippen molar-refractivity contribution in [2.24, 2.45) is 0 Å². The summed E-state index contributed by atoms with van der Waals surface area (Å²) in [6.07, 6.45) is 0.971. The Balaban J connectivity index is 1.61. The van der Waals surface area contributed by atoms with Crippen molar-refractivity contribution in [3.05, 3.63) is 35.4 Å². The maximum absolute atomic E-state index is 14.3. The van der Waals surface area contributed by atoms with E-state index in [-0.39, 0.29) is 30.2 Å². The van der Waals surface area contributed by atoms with Crippen LogP contribution in [0.4, 0.5) is 16.0 Å². The Morgan fingerprint density at radius 3 is 2.83 bits per heavy atom. The predicted octanol–water partition coefficient (Wildman–Crippen LogP) is 0.417. The fraction of sp³-hybridized carbons (Fsp3) is 0.400. The molecule has 2 heterocycles. The third-order valence-electron chi connectivity index (χ3n) is 3.99. The number of hydrogen-bond acceptors (Lipinski definition) is 6. The molecule has 0 bridgehead atoms. The van der Waals surface area contributed by atoms with Gasteiger partial charge in [-0.3, -0.25) is 9.89 Å². The normalized spacial score (nSPS) is 15.5. The summed E-state index contributed by atoms with van der Waals surface area (Å²) < 4.78 is 14.3. The molecule has 1 aromatic carbocycles. The van der Waals surface area contributed by atoms with E-state index in [0.717, 1.165) is 0 Å². The molecule has 2 aromatic rings. The number of hydrogen-bond donors (Lipinski definition) is 4. The summed E-state index contributed by atoms with van der Waals surface area (Å²) in [5.41, 5.74) is 6.48. The number of rotatable bonds is 4. The number of H-pyrrole nitrogens is 1. The van der Waals surface area contributed by atoms with E-state index >= 15 is 0 Å². The van der Waals surface area contributed by atoms with Crippen LogP contribution in [0.1, 0.15) is 29.0 Å². The first-order valence-electron chi connectivity index (χ1n) is 7.70.